The zero-order valence-electron chi connectivity index (χ0n) is 15.1. The predicted octanol–water partition coefficient (Wildman–Crippen LogP) is 3.93. The van der Waals surface area contributed by atoms with E-state index in [9.17, 15) is 10.1 Å². The molecule has 1 aliphatic rings. The highest BCUT2D eigenvalue weighted by atomic mass is 32.2. The lowest BCUT2D eigenvalue weighted by atomic mass is 10.1. The molecule has 26 heavy (non-hydrogen) atoms. The van der Waals surface area contributed by atoms with Crippen molar-refractivity contribution in [3.8, 4) is 0 Å². The molecule has 0 bridgehead atoms. The molecule has 1 heterocycles. The van der Waals surface area contributed by atoms with Crippen molar-refractivity contribution in [2.75, 3.05) is 39.8 Å². The Kier molecular flexibility index (Phi) is 6.66. The number of aryl methyl sites for hydroxylation is 1. The van der Waals surface area contributed by atoms with Gasteiger partial charge < -0.3 is 9.80 Å². The van der Waals surface area contributed by atoms with Gasteiger partial charge in [-0.3, -0.25) is 10.1 Å². The van der Waals surface area contributed by atoms with Gasteiger partial charge in [0.05, 0.1) is 4.92 Å². The summed E-state index contributed by atoms with van der Waals surface area (Å²) < 4.78 is 0. The number of likely N-dealkylation sites (N-methyl/N-ethyl adjacent to an activating group) is 1. The monoisotopic (exact) mass is 371 g/mol. The van der Waals surface area contributed by atoms with E-state index in [1.165, 1.54) is 0 Å². The number of hydrogen-bond donors (Lipinski definition) is 0. The minimum atomic E-state index is -0.305. The van der Waals surface area contributed by atoms with E-state index < -0.39 is 0 Å². The maximum absolute atomic E-state index is 11.2. The summed E-state index contributed by atoms with van der Waals surface area (Å²) in [5.74, 6) is 0. The zero-order chi connectivity index (χ0) is 18.4. The van der Waals surface area contributed by atoms with Crippen molar-refractivity contribution >= 4 is 17.4 Å². The van der Waals surface area contributed by atoms with Gasteiger partial charge in [-0.25, -0.2) is 0 Å². The van der Waals surface area contributed by atoms with Crippen molar-refractivity contribution in [3.63, 3.8) is 0 Å². The highest BCUT2D eigenvalue weighted by Gasteiger charge is 2.15. The largest absolute Gasteiger partial charge is 0.304 e. The lowest BCUT2D eigenvalue weighted by Gasteiger charge is -2.32. The SMILES string of the molecule is CN1CCN(CCCc2cc([N+](=O)[O-])ccc2Sc2ccccc2)CC1. The molecule has 0 unspecified atom stereocenters. The first-order chi connectivity index (χ1) is 12.6. The first-order valence-corrected chi connectivity index (χ1v) is 9.84. The molecule has 0 spiro atoms. The average Bonchev–Trinajstić information content (AvgIpc) is 2.65. The molecule has 0 saturated carbocycles. The number of non-ortho nitro benzene ring substituents is 1. The molecule has 0 aromatic heterocycles. The summed E-state index contributed by atoms with van der Waals surface area (Å²) in [5, 5.41) is 11.2. The van der Waals surface area contributed by atoms with Crippen LogP contribution in [0, 0.1) is 10.1 Å². The van der Waals surface area contributed by atoms with Gasteiger partial charge in [0.1, 0.15) is 0 Å². The molecule has 1 fully saturated rings. The molecule has 0 atom stereocenters. The first-order valence-electron chi connectivity index (χ1n) is 9.03. The number of benzene rings is 2. The highest BCUT2D eigenvalue weighted by molar-refractivity contribution is 7.99. The number of piperazine rings is 1. The Balaban J connectivity index is 1.66. The third kappa shape index (κ3) is 5.30. The van der Waals surface area contributed by atoms with E-state index in [4.69, 9.17) is 0 Å². The van der Waals surface area contributed by atoms with Gasteiger partial charge in [0.25, 0.3) is 5.69 Å². The lowest BCUT2D eigenvalue weighted by molar-refractivity contribution is -0.385. The molecule has 1 aliphatic heterocycles. The van der Waals surface area contributed by atoms with Crippen molar-refractivity contribution in [1.29, 1.82) is 0 Å². The predicted molar refractivity (Wildman–Crippen MR) is 106 cm³/mol. The second kappa shape index (κ2) is 9.16. The molecule has 5 nitrogen and oxygen atoms in total. The van der Waals surface area contributed by atoms with Crippen LogP contribution in [0.3, 0.4) is 0 Å². The lowest BCUT2D eigenvalue weighted by Crippen LogP contribution is -2.44. The molecule has 0 radical (unpaired) electrons. The van der Waals surface area contributed by atoms with Crippen LogP contribution >= 0.6 is 11.8 Å². The van der Waals surface area contributed by atoms with Crippen molar-refractivity contribution < 1.29 is 4.92 Å². The summed E-state index contributed by atoms with van der Waals surface area (Å²) in [4.78, 5) is 18.0. The van der Waals surface area contributed by atoms with E-state index in [-0.39, 0.29) is 10.6 Å². The van der Waals surface area contributed by atoms with Crippen LogP contribution in [0.4, 0.5) is 5.69 Å². The third-order valence-corrected chi connectivity index (χ3v) is 5.87. The van der Waals surface area contributed by atoms with Gasteiger partial charge in [-0.05, 0) is 50.2 Å². The Morgan fingerprint density at radius 3 is 2.50 bits per heavy atom. The molecule has 2 aromatic carbocycles. The van der Waals surface area contributed by atoms with Gasteiger partial charge in [-0.15, -0.1) is 0 Å². The minimum Gasteiger partial charge on any atom is -0.304 e. The maximum atomic E-state index is 11.2. The van der Waals surface area contributed by atoms with Crippen molar-refractivity contribution in [2.45, 2.75) is 22.6 Å². The maximum Gasteiger partial charge on any atom is 0.269 e. The number of nitrogens with zero attached hydrogens (tertiary/aromatic N) is 3. The number of hydrogen-bond acceptors (Lipinski definition) is 5. The molecule has 1 saturated heterocycles. The molecular weight excluding hydrogens is 346 g/mol. The van der Waals surface area contributed by atoms with Crippen LogP contribution in [0.15, 0.2) is 58.3 Å². The van der Waals surface area contributed by atoms with Gasteiger partial charge in [0.15, 0.2) is 0 Å². The fourth-order valence-electron chi connectivity index (χ4n) is 3.15. The van der Waals surface area contributed by atoms with Crippen LogP contribution in [-0.4, -0.2) is 54.5 Å². The van der Waals surface area contributed by atoms with Crippen molar-refractivity contribution in [1.82, 2.24) is 9.80 Å². The minimum absolute atomic E-state index is 0.178. The summed E-state index contributed by atoms with van der Waals surface area (Å²) >= 11 is 1.68. The van der Waals surface area contributed by atoms with E-state index in [2.05, 4.69) is 29.0 Å². The summed E-state index contributed by atoms with van der Waals surface area (Å²) in [7, 11) is 2.16. The molecule has 0 N–H and O–H groups in total. The van der Waals surface area contributed by atoms with Gasteiger partial charge in [-0.2, -0.15) is 0 Å². The van der Waals surface area contributed by atoms with Crippen molar-refractivity contribution in [3.05, 3.63) is 64.2 Å². The third-order valence-electron chi connectivity index (χ3n) is 4.74. The molecule has 3 rings (SSSR count). The second-order valence-corrected chi connectivity index (χ2v) is 7.83. The Morgan fingerprint density at radius 1 is 1.08 bits per heavy atom. The molecule has 0 aliphatic carbocycles. The molecular formula is C20H25N3O2S. The van der Waals surface area contributed by atoms with Crippen LogP contribution in [-0.2, 0) is 6.42 Å². The fraction of sp³-hybridized carbons (Fsp3) is 0.400. The fourth-order valence-corrected chi connectivity index (χ4v) is 4.13. The molecule has 0 amide bonds. The number of nitro benzene ring substituents is 1. The molecule has 2 aromatic rings. The van der Waals surface area contributed by atoms with Crippen LogP contribution in [0.25, 0.3) is 0 Å². The van der Waals surface area contributed by atoms with Crippen LogP contribution < -0.4 is 0 Å². The Bertz CT molecular complexity index is 731. The topological polar surface area (TPSA) is 49.6 Å². The molecule has 6 heteroatoms. The van der Waals surface area contributed by atoms with E-state index in [0.717, 1.165) is 60.9 Å². The zero-order valence-corrected chi connectivity index (χ0v) is 16.0. The summed E-state index contributed by atoms with van der Waals surface area (Å²) in [6.45, 7) is 5.50. The summed E-state index contributed by atoms with van der Waals surface area (Å²) in [6, 6.07) is 15.4. The van der Waals surface area contributed by atoms with Crippen LogP contribution in [0.1, 0.15) is 12.0 Å². The standard InChI is InChI=1S/C20H25N3O2S/c1-21-12-14-22(15-13-21)11-5-6-17-16-18(23(24)25)9-10-20(17)26-19-7-3-2-4-8-19/h2-4,7-10,16H,5-6,11-15H2,1H3. The highest BCUT2D eigenvalue weighted by Crippen LogP contribution is 2.33. The smallest absolute Gasteiger partial charge is 0.269 e. The Labute approximate surface area is 159 Å². The normalized spacial score (nSPS) is 15.9. The average molecular weight is 372 g/mol. The van der Waals surface area contributed by atoms with Gasteiger partial charge in [0, 0.05) is 48.1 Å². The first kappa shape index (κ1) is 18.9. The van der Waals surface area contributed by atoms with E-state index in [1.807, 2.05) is 24.3 Å². The Hall–Kier alpha value is -1.89. The summed E-state index contributed by atoms with van der Waals surface area (Å²) in [5.41, 5.74) is 1.25. The quantitative estimate of drug-likeness (QED) is 0.545. The van der Waals surface area contributed by atoms with E-state index in [0.29, 0.717) is 0 Å². The van der Waals surface area contributed by atoms with Gasteiger partial charge in [-0.1, -0.05) is 30.0 Å². The van der Waals surface area contributed by atoms with E-state index >= 15 is 0 Å². The van der Waals surface area contributed by atoms with Crippen LogP contribution in [0.2, 0.25) is 0 Å². The number of nitro groups is 1. The van der Waals surface area contributed by atoms with Crippen molar-refractivity contribution in [2.24, 2.45) is 0 Å². The molecule has 138 valence electrons. The van der Waals surface area contributed by atoms with Crippen LogP contribution in [0.5, 0.6) is 0 Å². The van der Waals surface area contributed by atoms with Gasteiger partial charge >= 0.3 is 0 Å². The second-order valence-electron chi connectivity index (χ2n) is 6.71. The summed E-state index contributed by atoms with van der Waals surface area (Å²) in [6.07, 6.45) is 1.89. The Morgan fingerprint density at radius 2 is 1.81 bits per heavy atom. The number of rotatable bonds is 7. The van der Waals surface area contributed by atoms with Gasteiger partial charge in [0.2, 0.25) is 0 Å². The van der Waals surface area contributed by atoms with E-state index in [1.54, 1.807) is 23.9 Å².